The first-order chi connectivity index (χ1) is 10.4. The molecule has 0 bridgehead atoms. The van der Waals surface area contributed by atoms with E-state index in [1.807, 2.05) is 0 Å². The summed E-state index contributed by atoms with van der Waals surface area (Å²) < 4.78 is 32.6. The third kappa shape index (κ3) is 2.90. The van der Waals surface area contributed by atoms with Gasteiger partial charge in [-0.3, -0.25) is 13.9 Å². The van der Waals surface area contributed by atoms with Crippen molar-refractivity contribution in [3.8, 4) is 0 Å². The Bertz CT molecular complexity index is 534. The van der Waals surface area contributed by atoms with Crippen molar-refractivity contribution < 1.29 is 22.1 Å². The van der Waals surface area contributed by atoms with Crippen LogP contribution in [0.5, 0.6) is 0 Å². The van der Waals surface area contributed by atoms with Crippen LogP contribution in [0.25, 0.3) is 0 Å². The van der Waals surface area contributed by atoms with Crippen molar-refractivity contribution in [3.05, 3.63) is 0 Å². The average molecular weight is 331 g/mol. The molecule has 3 saturated heterocycles. The molecule has 3 atom stereocenters. The van der Waals surface area contributed by atoms with Crippen LogP contribution in [0, 0.1) is 5.92 Å². The molecule has 0 saturated carbocycles. The van der Waals surface area contributed by atoms with Gasteiger partial charge in [-0.2, -0.15) is 8.42 Å². The van der Waals surface area contributed by atoms with Gasteiger partial charge in [0, 0.05) is 0 Å². The largest absolute Gasteiger partial charge is 0.460 e. The van der Waals surface area contributed by atoms with Crippen LogP contribution in [0.1, 0.15) is 44.9 Å². The molecule has 0 aromatic rings. The van der Waals surface area contributed by atoms with E-state index < -0.39 is 10.1 Å². The maximum Gasteiger partial charge on any atom is 0.311 e. The Morgan fingerprint density at radius 2 is 2.09 bits per heavy atom. The zero-order chi connectivity index (χ0) is 15.8. The maximum atomic E-state index is 12.3. The minimum absolute atomic E-state index is 0.00155. The lowest BCUT2D eigenvalue weighted by Gasteiger charge is -2.39. The number of ether oxygens (including phenoxy) is 1. The topological polar surface area (TPSA) is 72.9 Å². The van der Waals surface area contributed by atoms with Crippen LogP contribution < -0.4 is 0 Å². The van der Waals surface area contributed by atoms with E-state index in [1.165, 1.54) is 0 Å². The monoisotopic (exact) mass is 331 g/mol. The third-order valence-corrected chi connectivity index (χ3v) is 5.97. The van der Waals surface area contributed by atoms with E-state index in [0.29, 0.717) is 12.8 Å². The van der Waals surface area contributed by atoms with Gasteiger partial charge in [0.05, 0.1) is 24.3 Å². The first-order valence-corrected chi connectivity index (χ1v) is 10.0. The van der Waals surface area contributed by atoms with Gasteiger partial charge >= 0.3 is 5.97 Å². The van der Waals surface area contributed by atoms with Gasteiger partial charge in [-0.05, 0) is 51.6 Å². The van der Waals surface area contributed by atoms with Crippen LogP contribution in [0.2, 0.25) is 0 Å². The van der Waals surface area contributed by atoms with E-state index in [9.17, 15) is 13.2 Å². The molecule has 1 unspecified atom stereocenters. The van der Waals surface area contributed by atoms with Gasteiger partial charge in [0.25, 0.3) is 10.1 Å². The summed E-state index contributed by atoms with van der Waals surface area (Å²) in [5.74, 6) is -0.0545. The van der Waals surface area contributed by atoms with Crippen LogP contribution in [-0.2, 0) is 23.8 Å². The Balaban J connectivity index is 1.69. The second-order valence-corrected chi connectivity index (χ2v) is 8.37. The van der Waals surface area contributed by atoms with Gasteiger partial charge in [-0.1, -0.05) is 6.42 Å². The molecule has 3 fully saturated rings. The number of hydrogen-bond donors (Lipinski definition) is 0. The fourth-order valence-corrected chi connectivity index (χ4v) is 4.98. The van der Waals surface area contributed by atoms with Crippen LogP contribution in [-0.4, -0.2) is 56.9 Å². The standard InChI is InChI=1S/C15H25NO5S/c1-22(18,19)20-11-4-7-13-15-8-5-10-16(15)9-3-2-6-12(15)14(17)21-13/h12-13H,2-11H2,1H3/t12-,13?,15-/m0/s1. The van der Waals surface area contributed by atoms with Crippen molar-refractivity contribution in [1.82, 2.24) is 4.90 Å². The number of nitrogens with zero attached hydrogens (tertiary/aromatic N) is 1. The Morgan fingerprint density at radius 3 is 2.86 bits per heavy atom. The van der Waals surface area contributed by atoms with Crippen molar-refractivity contribution in [3.63, 3.8) is 0 Å². The van der Waals surface area contributed by atoms with E-state index in [0.717, 1.165) is 51.4 Å². The molecule has 22 heavy (non-hydrogen) atoms. The molecule has 1 spiro atoms. The molecule has 3 aliphatic rings. The Morgan fingerprint density at radius 1 is 1.32 bits per heavy atom. The summed E-state index contributed by atoms with van der Waals surface area (Å²) in [6.07, 6.45) is 7.49. The second-order valence-electron chi connectivity index (χ2n) is 6.72. The number of esters is 1. The summed E-state index contributed by atoms with van der Waals surface area (Å²) in [7, 11) is -3.40. The summed E-state index contributed by atoms with van der Waals surface area (Å²) >= 11 is 0. The maximum absolute atomic E-state index is 12.3. The van der Waals surface area contributed by atoms with E-state index >= 15 is 0 Å². The summed E-state index contributed by atoms with van der Waals surface area (Å²) in [5, 5.41) is 0. The highest BCUT2D eigenvalue weighted by molar-refractivity contribution is 7.85. The molecular formula is C15H25NO5S. The van der Waals surface area contributed by atoms with Gasteiger partial charge in [0.2, 0.25) is 0 Å². The molecule has 0 aliphatic carbocycles. The fourth-order valence-electron chi connectivity index (χ4n) is 4.56. The summed E-state index contributed by atoms with van der Waals surface area (Å²) in [6.45, 7) is 2.25. The SMILES string of the molecule is CS(=O)(=O)OCCCC1OC(=O)[C@@H]2CCCCN3CCC[C@@]123. The third-order valence-electron chi connectivity index (χ3n) is 5.38. The number of hydrogen-bond acceptors (Lipinski definition) is 6. The highest BCUT2D eigenvalue weighted by Gasteiger charge is 2.61. The zero-order valence-corrected chi connectivity index (χ0v) is 13.9. The molecular weight excluding hydrogens is 306 g/mol. The molecule has 3 rings (SSSR count). The van der Waals surface area contributed by atoms with Gasteiger partial charge in [-0.15, -0.1) is 0 Å². The second kappa shape index (κ2) is 6.09. The molecule has 6 nitrogen and oxygen atoms in total. The van der Waals surface area contributed by atoms with Crippen molar-refractivity contribution in [2.45, 2.75) is 56.6 Å². The van der Waals surface area contributed by atoms with Crippen molar-refractivity contribution in [2.75, 3.05) is 26.0 Å². The van der Waals surface area contributed by atoms with E-state index in [1.54, 1.807) is 0 Å². The molecule has 0 aromatic heterocycles. The minimum Gasteiger partial charge on any atom is -0.460 e. The smallest absolute Gasteiger partial charge is 0.311 e. The predicted molar refractivity (Wildman–Crippen MR) is 80.8 cm³/mol. The van der Waals surface area contributed by atoms with Gasteiger partial charge in [0.1, 0.15) is 6.10 Å². The van der Waals surface area contributed by atoms with Crippen molar-refractivity contribution in [2.24, 2.45) is 5.92 Å². The Labute approximate surface area is 132 Å². The molecule has 0 amide bonds. The van der Waals surface area contributed by atoms with E-state index in [2.05, 4.69) is 4.90 Å². The molecule has 7 heteroatoms. The first kappa shape index (κ1) is 16.2. The molecule has 0 radical (unpaired) electrons. The summed E-state index contributed by atoms with van der Waals surface area (Å²) in [6, 6.07) is 0. The molecule has 126 valence electrons. The number of cyclic esters (lactones) is 1. The highest BCUT2D eigenvalue weighted by atomic mass is 32.2. The predicted octanol–water partition coefficient (Wildman–Crippen LogP) is 1.30. The van der Waals surface area contributed by atoms with Gasteiger partial charge in [-0.25, -0.2) is 0 Å². The number of carbonyl (C=O) groups excluding carboxylic acids is 1. The first-order valence-electron chi connectivity index (χ1n) is 8.23. The fraction of sp³-hybridized carbons (Fsp3) is 0.933. The van der Waals surface area contributed by atoms with E-state index in [4.69, 9.17) is 8.92 Å². The molecule has 3 heterocycles. The lowest BCUT2D eigenvalue weighted by molar-refractivity contribution is -0.144. The Kier molecular flexibility index (Phi) is 4.49. The minimum atomic E-state index is -3.40. The van der Waals surface area contributed by atoms with Crippen LogP contribution in [0.15, 0.2) is 0 Å². The molecule has 0 N–H and O–H groups in total. The average Bonchev–Trinajstić information content (AvgIpc) is 2.90. The quantitative estimate of drug-likeness (QED) is 0.429. The van der Waals surface area contributed by atoms with Crippen LogP contribution in [0.3, 0.4) is 0 Å². The van der Waals surface area contributed by atoms with Crippen LogP contribution >= 0.6 is 0 Å². The lowest BCUT2D eigenvalue weighted by Crippen LogP contribution is -2.54. The van der Waals surface area contributed by atoms with Gasteiger partial charge in [0.15, 0.2) is 0 Å². The lowest BCUT2D eigenvalue weighted by atomic mass is 9.76. The van der Waals surface area contributed by atoms with E-state index in [-0.39, 0.29) is 30.1 Å². The number of carbonyl (C=O) groups is 1. The summed E-state index contributed by atoms with van der Waals surface area (Å²) in [5.41, 5.74) is -0.140. The normalized spacial score (nSPS) is 35.8. The molecule has 0 aromatic carbocycles. The molecule has 3 aliphatic heterocycles. The Hall–Kier alpha value is -0.660. The zero-order valence-electron chi connectivity index (χ0n) is 13.1. The highest BCUT2D eigenvalue weighted by Crippen LogP contribution is 2.50. The summed E-state index contributed by atoms with van der Waals surface area (Å²) in [4.78, 5) is 14.8. The van der Waals surface area contributed by atoms with Gasteiger partial charge < -0.3 is 4.74 Å². The van der Waals surface area contributed by atoms with Crippen molar-refractivity contribution >= 4 is 16.1 Å². The van der Waals surface area contributed by atoms with Crippen molar-refractivity contribution in [1.29, 1.82) is 0 Å². The number of rotatable bonds is 5. The van der Waals surface area contributed by atoms with Crippen LogP contribution in [0.4, 0.5) is 0 Å².